The highest BCUT2D eigenvalue weighted by Gasteiger charge is 2.28. The average Bonchev–Trinajstić information content (AvgIpc) is 2.16. The second-order valence-electron chi connectivity index (χ2n) is 4.06. The second-order valence-corrected chi connectivity index (χ2v) is 4.06. The maximum Gasteiger partial charge on any atom is 0.159 e. The molecule has 1 aromatic rings. The molecule has 1 fully saturated rings. The molecule has 0 bridgehead atoms. The summed E-state index contributed by atoms with van der Waals surface area (Å²) >= 11 is 0. The molecule has 0 aromatic heterocycles. The van der Waals surface area contributed by atoms with Crippen molar-refractivity contribution in [3.05, 3.63) is 35.4 Å². The largest absolute Gasteiger partial charge is 0.325 e. The normalized spacial score (nSPS) is 20.0. The SMILES string of the molecule is CC(c1ccc(F)c(F)c1)N1CC(N)C1. The van der Waals surface area contributed by atoms with Gasteiger partial charge in [0.1, 0.15) is 0 Å². The Morgan fingerprint density at radius 3 is 2.53 bits per heavy atom. The number of hydrogen-bond acceptors (Lipinski definition) is 2. The van der Waals surface area contributed by atoms with Gasteiger partial charge < -0.3 is 5.73 Å². The predicted octanol–water partition coefficient (Wildman–Crippen LogP) is 1.67. The Hall–Kier alpha value is -1.00. The molecule has 0 saturated carbocycles. The first kappa shape index (κ1) is 10.5. The Balaban J connectivity index is 2.12. The summed E-state index contributed by atoms with van der Waals surface area (Å²) in [6, 6.07) is 4.36. The van der Waals surface area contributed by atoms with Crippen molar-refractivity contribution >= 4 is 0 Å². The van der Waals surface area contributed by atoms with Crippen LogP contribution in [0.25, 0.3) is 0 Å². The van der Waals surface area contributed by atoms with Gasteiger partial charge in [-0.1, -0.05) is 6.07 Å². The van der Waals surface area contributed by atoms with E-state index in [1.54, 1.807) is 6.07 Å². The molecule has 1 saturated heterocycles. The number of likely N-dealkylation sites (tertiary alicyclic amines) is 1. The number of benzene rings is 1. The van der Waals surface area contributed by atoms with Crippen LogP contribution in [0, 0.1) is 11.6 Å². The van der Waals surface area contributed by atoms with E-state index >= 15 is 0 Å². The zero-order valence-electron chi connectivity index (χ0n) is 8.58. The van der Waals surface area contributed by atoms with Crippen molar-refractivity contribution < 1.29 is 8.78 Å². The molecule has 1 atom stereocenters. The van der Waals surface area contributed by atoms with E-state index in [1.807, 2.05) is 6.92 Å². The summed E-state index contributed by atoms with van der Waals surface area (Å²) in [5.74, 6) is -1.59. The Morgan fingerprint density at radius 1 is 1.33 bits per heavy atom. The van der Waals surface area contributed by atoms with Gasteiger partial charge >= 0.3 is 0 Å². The van der Waals surface area contributed by atoms with E-state index < -0.39 is 11.6 Å². The molecule has 82 valence electrons. The van der Waals surface area contributed by atoms with Crippen LogP contribution < -0.4 is 5.73 Å². The predicted molar refractivity (Wildman–Crippen MR) is 54.3 cm³/mol. The van der Waals surface area contributed by atoms with Gasteiger partial charge in [0.25, 0.3) is 0 Å². The van der Waals surface area contributed by atoms with E-state index in [1.165, 1.54) is 12.1 Å². The van der Waals surface area contributed by atoms with E-state index in [4.69, 9.17) is 5.73 Å². The van der Waals surface area contributed by atoms with E-state index in [0.717, 1.165) is 18.7 Å². The van der Waals surface area contributed by atoms with Crippen LogP contribution in [0.15, 0.2) is 18.2 Å². The highest BCUT2D eigenvalue weighted by Crippen LogP contribution is 2.25. The van der Waals surface area contributed by atoms with E-state index in [0.29, 0.717) is 0 Å². The first-order valence-electron chi connectivity index (χ1n) is 5.02. The molecule has 0 spiro atoms. The van der Waals surface area contributed by atoms with Crippen LogP contribution in [0.2, 0.25) is 0 Å². The molecule has 0 amide bonds. The summed E-state index contributed by atoms with van der Waals surface area (Å²) in [4.78, 5) is 2.14. The summed E-state index contributed by atoms with van der Waals surface area (Å²) in [7, 11) is 0. The van der Waals surface area contributed by atoms with E-state index in [-0.39, 0.29) is 12.1 Å². The van der Waals surface area contributed by atoms with Crippen molar-refractivity contribution in [3.63, 3.8) is 0 Å². The molecule has 2 rings (SSSR count). The summed E-state index contributed by atoms with van der Waals surface area (Å²) in [5, 5.41) is 0. The van der Waals surface area contributed by atoms with Crippen LogP contribution in [-0.4, -0.2) is 24.0 Å². The third-order valence-corrected chi connectivity index (χ3v) is 2.91. The number of rotatable bonds is 2. The van der Waals surface area contributed by atoms with Gasteiger partial charge in [-0.3, -0.25) is 4.90 Å². The minimum absolute atomic E-state index is 0.0971. The Bertz CT molecular complexity index is 362. The average molecular weight is 212 g/mol. The summed E-state index contributed by atoms with van der Waals surface area (Å²) in [6.45, 7) is 3.61. The molecule has 2 N–H and O–H groups in total. The fourth-order valence-corrected chi connectivity index (χ4v) is 1.85. The quantitative estimate of drug-likeness (QED) is 0.808. The van der Waals surface area contributed by atoms with Gasteiger partial charge in [-0.25, -0.2) is 8.78 Å². The molecule has 0 aliphatic carbocycles. The van der Waals surface area contributed by atoms with Gasteiger partial charge in [0.15, 0.2) is 11.6 Å². The fraction of sp³-hybridized carbons (Fsp3) is 0.455. The lowest BCUT2D eigenvalue weighted by atomic mass is 10.0. The van der Waals surface area contributed by atoms with Crippen molar-refractivity contribution in [2.24, 2.45) is 5.73 Å². The van der Waals surface area contributed by atoms with Crippen LogP contribution in [0.1, 0.15) is 18.5 Å². The van der Waals surface area contributed by atoms with E-state index in [9.17, 15) is 8.78 Å². The smallest absolute Gasteiger partial charge is 0.159 e. The molecule has 0 radical (unpaired) electrons. The second kappa shape index (κ2) is 3.87. The summed E-state index contributed by atoms with van der Waals surface area (Å²) in [5.41, 5.74) is 6.46. The minimum Gasteiger partial charge on any atom is -0.325 e. The van der Waals surface area contributed by atoms with Crippen LogP contribution in [-0.2, 0) is 0 Å². The van der Waals surface area contributed by atoms with Crippen molar-refractivity contribution in [2.75, 3.05) is 13.1 Å². The standard InChI is InChI=1S/C11H14F2N2/c1-7(15-5-9(14)6-15)8-2-3-10(12)11(13)4-8/h2-4,7,9H,5-6,14H2,1H3. The highest BCUT2D eigenvalue weighted by atomic mass is 19.2. The van der Waals surface area contributed by atoms with Crippen molar-refractivity contribution in [3.8, 4) is 0 Å². The Morgan fingerprint density at radius 2 is 2.00 bits per heavy atom. The number of hydrogen-bond donors (Lipinski definition) is 1. The van der Waals surface area contributed by atoms with Crippen LogP contribution in [0.4, 0.5) is 8.78 Å². The Labute approximate surface area is 87.7 Å². The molecule has 1 aromatic carbocycles. The van der Waals surface area contributed by atoms with Gasteiger partial charge in [0.05, 0.1) is 0 Å². The first-order chi connectivity index (χ1) is 7.08. The summed E-state index contributed by atoms with van der Waals surface area (Å²) in [6.07, 6.45) is 0. The first-order valence-corrected chi connectivity index (χ1v) is 5.02. The third-order valence-electron chi connectivity index (χ3n) is 2.91. The molecule has 2 nitrogen and oxygen atoms in total. The molecule has 1 unspecified atom stereocenters. The van der Waals surface area contributed by atoms with Crippen molar-refractivity contribution in [2.45, 2.75) is 19.0 Å². The Kier molecular flexibility index (Phi) is 2.71. The van der Waals surface area contributed by atoms with Gasteiger partial charge in [-0.15, -0.1) is 0 Å². The number of nitrogens with two attached hydrogens (primary N) is 1. The maximum absolute atomic E-state index is 13.0. The minimum atomic E-state index is -0.800. The lowest BCUT2D eigenvalue weighted by Gasteiger charge is -2.41. The molecule has 1 aliphatic heterocycles. The fourth-order valence-electron chi connectivity index (χ4n) is 1.85. The van der Waals surface area contributed by atoms with Gasteiger partial charge in [0.2, 0.25) is 0 Å². The molecule has 1 heterocycles. The number of halogens is 2. The van der Waals surface area contributed by atoms with Gasteiger partial charge in [-0.05, 0) is 24.6 Å². The molecular weight excluding hydrogens is 198 g/mol. The summed E-state index contributed by atoms with van der Waals surface area (Å²) < 4.78 is 25.7. The molecular formula is C11H14F2N2. The topological polar surface area (TPSA) is 29.3 Å². The highest BCUT2D eigenvalue weighted by molar-refractivity contribution is 5.21. The van der Waals surface area contributed by atoms with Crippen molar-refractivity contribution in [1.82, 2.24) is 4.90 Å². The lowest BCUT2D eigenvalue weighted by Crippen LogP contribution is -2.56. The molecule has 1 aliphatic rings. The van der Waals surface area contributed by atoms with Crippen LogP contribution in [0.3, 0.4) is 0 Å². The zero-order valence-corrected chi connectivity index (χ0v) is 8.58. The zero-order chi connectivity index (χ0) is 11.0. The van der Waals surface area contributed by atoms with Crippen molar-refractivity contribution in [1.29, 1.82) is 0 Å². The maximum atomic E-state index is 13.0. The van der Waals surface area contributed by atoms with E-state index in [2.05, 4.69) is 4.90 Å². The molecule has 15 heavy (non-hydrogen) atoms. The molecule has 4 heteroatoms. The van der Waals surface area contributed by atoms with Gasteiger partial charge in [0, 0.05) is 25.2 Å². The van der Waals surface area contributed by atoms with Crippen LogP contribution >= 0.6 is 0 Å². The van der Waals surface area contributed by atoms with Gasteiger partial charge in [-0.2, -0.15) is 0 Å². The monoisotopic (exact) mass is 212 g/mol. The third kappa shape index (κ3) is 2.01. The number of nitrogens with zero attached hydrogens (tertiary/aromatic N) is 1. The lowest BCUT2D eigenvalue weighted by molar-refractivity contribution is 0.103. The van der Waals surface area contributed by atoms with Crippen LogP contribution in [0.5, 0.6) is 0 Å².